The molecule has 0 unspecified atom stereocenters. The fourth-order valence-corrected chi connectivity index (χ4v) is 5.53. The Morgan fingerprint density at radius 2 is 1.73 bits per heavy atom. The van der Waals surface area contributed by atoms with Crippen LogP contribution in [0.2, 0.25) is 10.0 Å². The van der Waals surface area contributed by atoms with Crippen LogP contribution in [0.4, 0.5) is 0 Å². The number of piperidine rings is 1. The molecule has 210 valence electrons. The van der Waals surface area contributed by atoms with Crippen LogP contribution in [0.5, 0.6) is 0 Å². The Morgan fingerprint density at radius 3 is 2.35 bits per heavy atom. The van der Waals surface area contributed by atoms with Crippen molar-refractivity contribution in [2.75, 3.05) is 19.7 Å². The number of likely N-dealkylation sites (tertiary alicyclic amines) is 1. The average molecular weight is 586 g/mol. The van der Waals surface area contributed by atoms with Crippen LogP contribution in [0.1, 0.15) is 19.8 Å². The highest BCUT2D eigenvalue weighted by molar-refractivity contribution is 6.33. The van der Waals surface area contributed by atoms with Gasteiger partial charge < -0.3 is 15.1 Å². The molecule has 0 spiro atoms. The first kappa shape index (κ1) is 28.1. The summed E-state index contributed by atoms with van der Waals surface area (Å²) in [5.41, 5.74) is 0.159. The molecule has 1 amide bonds. The van der Waals surface area contributed by atoms with Crippen molar-refractivity contribution in [3.63, 3.8) is 0 Å². The van der Waals surface area contributed by atoms with Gasteiger partial charge in [-0.1, -0.05) is 35.3 Å². The number of nitrogens with zero attached hydrogens (tertiary/aromatic N) is 5. The van der Waals surface area contributed by atoms with E-state index >= 15 is 0 Å². The molecule has 12 heteroatoms. The minimum atomic E-state index is -1.31. The molecule has 1 aliphatic heterocycles. The minimum absolute atomic E-state index is 0.00985. The standard InChI is InChI=1S/C28H29Cl2N5O5/c1-17(37)32-12-10-18(11-13-32)14-33-26-24(27(39)34(28(33)40)15-21(38)16-36)35(20-8-6-19(29)7-9-20)25(31-26)22-4-2-3-5-23(22)30/h2-9,18,21,36,38H,10-16H2,1H3/t21-/m1/s1. The van der Waals surface area contributed by atoms with Gasteiger partial charge in [-0.15, -0.1) is 0 Å². The maximum atomic E-state index is 13.9. The third kappa shape index (κ3) is 5.32. The van der Waals surface area contributed by atoms with Crippen molar-refractivity contribution in [2.45, 2.75) is 39.0 Å². The lowest BCUT2D eigenvalue weighted by Crippen LogP contribution is -2.45. The molecule has 10 nitrogen and oxygen atoms in total. The molecule has 1 fully saturated rings. The lowest BCUT2D eigenvalue weighted by Gasteiger charge is -2.31. The molecule has 0 aliphatic carbocycles. The van der Waals surface area contributed by atoms with E-state index in [-0.39, 0.29) is 36.1 Å². The van der Waals surface area contributed by atoms with Crippen molar-refractivity contribution in [3.05, 3.63) is 79.4 Å². The fraction of sp³-hybridized carbons (Fsp3) is 0.357. The number of rotatable bonds is 7. The predicted octanol–water partition coefficient (Wildman–Crippen LogP) is 2.93. The van der Waals surface area contributed by atoms with Crippen LogP contribution in [0.25, 0.3) is 28.2 Å². The van der Waals surface area contributed by atoms with E-state index in [4.69, 9.17) is 28.2 Å². The summed E-state index contributed by atoms with van der Waals surface area (Å²) in [5, 5.41) is 20.6. The number of hydrogen-bond donors (Lipinski definition) is 2. The van der Waals surface area contributed by atoms with E-state index in [1.54, 1.807) is 58.0 Å². The Labute approximate surface area is 239 Å². The highest BCUT2D eigenvalue weighted by atomic mass is 35.5. The summed E-state index contributed by atoms with van der Waals surface area (Å²) in [6.45, 7) is 1.94. The average Bonchev–Trinajstić information content (AvgIpc) is 3.34. The third-order valence-corrected chi connectivity index (χ3v) is 7.91. The number of aliphatic hydroxyl groups excluding tert-OH is 2. The number of benzene rings is 2. The van der Waals surface area contributed by atoms with E-state index in [9.17, 15) is 24.6 Å². The molecule has 40 heavy (non-hydrogen) atoms. The monoisotopic (exact) mass is 585 g/mol. The summed E-state index contributed by atoms with van der Waals surface area (Å²) in [6.07, 6.45) is 0.0487. The van der Waals surface area contributed by atoms with Gasteiger partial charge in [-0.2, -0.15) is 0 Å². The number of aromatic nitrogens is 4. The van der Waals surface area contributed by atoms with Gasteiger partial charge in [0.1, 0.15) is 5.82 Å². The Morgan fingerprint density at radius 1 is 1.05 bits per heavy atom. The van der Waals surface area contributed by atoms with Crippen LogP contribution in [0.3, 0.4) is 0 Å². The number of carbonyl (C=O) groups is 1. The van der Waals surface area contributed by atoms with Crippen LogP contribution in [0.15, 0.2) is 58.1 Å². The first-order valence-corrected chi connectivity index (χ1v) is 13.8. The van der Waals surface area contributed by atoms with Crippen LogP contribution >= 0.6 is 23.2 Å². The second-order valence-corrected chi connectivity index (χ2v) is 10.8. The Kier molecular flexibility index (Phi) is 8.14. The van der Waals surface area contributed by atoms with Crippen molar-refractivity contribution < 1.29 is 15.0 Å². The number of hydrogen-bond acceptors (Lipinski definition) is 6. The number of aliphatic hydroxyl groups is 2. The number of amides is 1. The lowest BCUT2D eigenvalue weighted by atomic mass is 9.96. The number of carbonyl (C=O) groups excluding carboxylic acids is 1. The normalized spacial score (nSPS) is 15.1. The largest absolute Gasteiger partial charge is 0.394 e. The van der Waals surface area contributed by atoms with Gasteiger partial charge in [0.2, 0.25) is 5.91 Å². The Bertz CT molecular complexity index is 1670. The molecule has 1 saturated heterocycles. The first-order valence-electron chi connectivity index (χ1n) is 13.0. The van der Waals surface area contributed by atoms with Gasteiger partial charge in [0, 0.05) is 42.8 Å². The zero-order valence-electron chi connectivity index (χ0n) is 21.8. The topological polar surface area (TPSA) is 123 Å². The smallest absolute Gasteiger partial charge is 0.332 e. The number of fused-ring (bicyclic) bond motifs is 1. The zero-order valence-corrected chi connectivity index (χ0v) is 23.3. The highest BCUT2D eigenvalue weighted by Gasteiger charge is 2.28. The Hall–Kier alpha value is -3.44. The van der Waals surface area contributed by atoms with Gasteiger partial charge in [0.25, 0.3) is 5.56 Å². The van der Waals surface area contributed by atoms with Crippen molar-refractivity contribution in [2.24, 2.45) is 5.92 Å². The summed E-state index contributed by atoms with van der Waals surface area (Å²) in [7, 11) is 0. The number of imidazole rings is 1. The predicted molar refractivity (Wildman–Crippen MR) is 153 cm³/mol. The van der Waals surface area contributed by atoms with Gasteiger partial charge >= 0.3 is 5.69 Å². The quantitative estimate of drug-likeness (QED) is 0.344. The molecule has 0 saturated carbocycles. The fourth-order valence-electron chi connectivity index (χ4n) is 5.19. The summed E-state index contributed by atoms with van der Waals surface area (Å²) in [4.78, 5) is 46.2. The maximum Gasteiger partial charge on any atom is 0.332 e. The molecule has 1 atom stereocenters. The minimum Gasteiger partial charge on any atom is -0.394 e. The van der Waals surface area contributed by atoms with Crippen molar-refractivity contribution in [3.8, 4) is 17.1 Å². The molecule has 4 aromatic rings. The van der Waals surface area contributed by atoms with E-state index in [0.717, 1.165) is 4.57 Å². The molecule has 0 bridgehead atoms. The van der Waals surface area contributed by atoms with Gasteiger partial charge in [-0.3, -0.25) is 23.3 Å². The van der Waals surface area contributed by atoms with E-state index < -0.39 is 24.0 Å². The van der Waals surface area contributed by atoms with Gasteiger partial charge in [0.15, 0.2) is 11.2 Å². The molecule has 2 aromatic carbocycles. The lowest BCUT2D eigenvalue weighted by molar-refractivity contribution is -0.130. The van der Waals surface area contributed by atoms with Crippen molar-refractivity contribution >= 4 is 40.3 Å². The molecule has 2 aromatic heterocycles. The highest BCUT2D eigenvalue weighted by Crippen LogP contribution is 2.32. The molecular formula is C28H29Cl2N5O5. The van der Waals surface area contributed by atoms with Crippen molar-refractivity contribution in [1.82, 2.24) is 23.6 Å². The van der Waals surface area contributed by atoms with Crippen LogP contribution in [-0.2, 0) is 17.9 Å². The number of halogens is 2. The first-order chi connectivity index (χ1) is 19.2. The van der Waals surface area contributed by atoms with Crippen LogP contribution < -0.4 is 11.2 Å². The van der Waals surface area contributed by atoms with E-state index in [1.807, 2.05) is 0 Å². The second-order valence-electron chi connectivity index (χ2n) is 9.99. The molecule has 1 aliphatic rings. The summed E-state index contributed by atoms with van der Waals surface area (Å²) >= 11 is 12.7. The van der Waals surface area contributed by atoms with E-state index in [2.05, 4.69) is 0 Å². The van der Waals surface area contributed by atoms with Gasteiger partial charge in [-0.05, 0) is 55.2 Å². The van der Waals surface area contributed by atoms with Gasteiger partial charge in [-0.25, -0.2) is 9.78 Å². The summed E-state index contributed by atoms with van der Waals surface area (Å²) < 4.78 is 4.05. The molecule has 0 radical (unpaired) electrons. The molecular weight excluding hydrogens is 557 g/mol. The molecule has 2 N–H and O–H groups in total. The summed E-state index contributed by atoms with van der Waals surface area (Å²) in [5.74, 6) is 0.422. The van der Waals surface area contributed by atoms with E-state index in [0.29, 0.717) is 53.1 Å². The SMILES string of the molecule is CC(=O)N1CCC(Cn2c(=O)n(C[C@@H](O)CO)c(=O)c3c2nc(-c2ccccc2Cl)n3-c2ccc(Cl)cc2)CC1. The van der Waals surface area contributed by atoms with Crippen LogP contribution in [-0.4, -0.2) is 65.5 Å². The van der Waals surface area contributed by atoms with E-state index in [1.165, 1.54) is 11.5 Å². The summed E-state index contributed by atoms with van der Waals surface area (Å²) in [6, 6.07) is 13.9. The molecule has 5 rings (SSSR count). The van der Waals surface area contributed by atoms with Crippen molar-refractivity contribution in [1.29, 1.82) is 0 Å². The van der Waals surface area contributed by atoms with Gasteiger partial charge in [0.05, 0.1) is 24.3 Å². The zero-order chi connectivity index (χ0) is 28.6. The maximum absolute atomic E-state index is 13.9. The molecule has 3 heterocycles. The Balaban J connectivity index is 1.78. The second kappa shape index (κ2) is 11.6. The van der Waals surface area contributed by atoms with Crippen LogP contribution in [0, 0.1) is 5.92 Å². The third-order valence-electron chi connectivity index (χ3n) is 7.33.